The van der Waals surface area contributed by atoms with Gasteiger partial charge in [-0.1, -0.05) is 6.08 Å². The van der Waals surface area contributed by atoms with Crippen molar-refractivity contribution < 1.29 is 2.85 Å². The molecule has 0 fully saturated rings. The number of rotatable bonds is 1. The predicted molar refractivity (Wildman–Crippen MR) is 68.3 cm³/mol. The van der Waals surface area contributed by atoms with Gasteiger partial charge in [-0.05, 0) is 31.0 Å². The number of aromatic amines is 1. The highest BCUT2D eigenvalue weighted by Gasteiger charge is 2.13. The van der Waals surface area contributed by atoms with Gasteiger partial charge in [0, 0.05) is 21.0 Å². The molecule has 2 N–H and O–H groups in total. The topological polar surface area (TPSA) is 53.6 Å². The van der Waals surface area contributed by atoms with Crippen LogP contribution in [0.5, 0.6) is 0 Å². The van der Waals surface area contributed by atoms with Crippen LogP contribution in [0.4, 0.5) is 0 Å². The molecule has 16 heavy (non-hydrogen) atoms. The Morgan fingerprint density at radius 1 is 1.38 bits per heavy atom. The van der Waals surface area contributed by atoms with Crippen molar-refractivity contribution in [3.05, 3.63) is 29.9 Å². The zero-order valence-corrected chi connectivity index (χ0v) is 9.25. The minimum atomic E-state index is 0. The molecular weight excluding hydrogens is 200 g/mol. The van der Waals surface area contributed by atoms with E-state index in [1.807, 2.05) is 6.20 Å². The molecule has 3 rings (SSSR count). The Hall–Kier alpha value is -1.68. The SMILES string of the molecule is Cc1c[nH]c2ncnc(C3=CCNCC3)c12.[HH].[HH]. The van der Waals surface area contributed by atoms with Gasteiger partial charge in [0.1, 0.15) is 12.0 Å². The molecular formula is C12H18N4. The molecule has 0 atom stereocenters. The first-order valence-electron chi connectivity index (χ1n) is 5.55. The number of fused-ring (bicyclic) bond motifs is 1. The lowest BCUT2D eigenvalue weighted by atomic mass is 10.0. The lowest BCUT2D eigenvalue weighted by molar-refractivity contribution is 0.737. The number of nitrogens with one attached hydrogen (secondary N) is 2. The summed E-state index contributed by atoms with van der Waals surface area (Å²) in [5.74, 6) is 0. The standard InChI is InChI=1S/C12H14N4.2H2/c1-8-6-14-12-10(8)11(15-7-16-12)9-2-4-13-5-3-9;;/h2,6-7,13H,3-5H2,1H3,(H,14,15,16);2*1H. The smallest absolute Gasteiger partial charge is 0.141 e. The number of aromatic nitrogens is 3. The maximum atomic E-state index is 4.44. The predicted octanol–water partition coefficient (Wildman–Crippen LogP) is 2.14. The van der Waals surface area contributed by atoms with E-state index in [2.05, 4.69) is 33.3 Å². The van der Waals surface area contributed by atoms with Crippen LogP contribution in [0.2, 0.25) is 0 Å². The summed E-state index contributed by atoms with van der Waals surface area (Å²) in [6.45, 7) is 4.05. The lowest BCUT2D eigenvalue weighted by Crippen LogP contribution is -2.20. The lowest BCUT2D eigenvalue weighted by Gasteiger charge is -2.14. The molecule has 86 valence electrons. The minimum absolute atomic E-state index is 0. The normalized spacial score (nSPS) is 16.4. The Bertz CT molecular complexity index is 562. The zero-order chi connectivity index (χ0) is 11.0. The quantitative estimate of drug-likeness (QED) is 0.771. The molecule has 0 aromatic carbocycles. The summed E-state index contributed by atoms with van der Waals surface area (Å²) in [4.78, 5) is 11.9. The molecule has 0 aliphatic carbocycles. The summed E-state index contributed by atoms with van der Waals surface area (Å²) >= 11 is 0. The summed E-state index contributed by atoms with van der Waals surface area (Å²) in [6, 6.07) is 0. The van der Waals surface area contributed by atoms with E-state index < -0.39 is 0 Å². The molecule has 1 aliphatic rings. The average Bonchev–Trinajstić information content (AvgIpc) is 2.73. The second-order valence-corrected chi connectivity index (χ2v) is 4.10. The third-order valence-corrected chi connectivity index (χ3v) is 3.04. The van der Waals surface area contributed by atoms with Crippen LogP contribution in [-0.4, -0.2) is 28.0 Å². The van der Waals surface area contributed by atoms with E-state index in [0.717, 1.165) is 36.2 Å². The molecule has 0 radical (unpaired) electrons. The van der Waals surface area contributed by atoms with Gasteiger partial charge in [-0.15, -0.1) is 0 Å². The number of hydrogen-bond donors (Lipinski definition) is 2. The second-order valence-electron chi connectivity index (χ2n) is 4.10. The van der Waals surface area contributed by atoms with Gasteiger partial charge in [0.2, 0.25) is 0 Å². The summed E-state index contributed by atoms with van der Waals surface area (Å²) in [5.41, 5.74) is 4.56. The molecule has 0 saturated heterocycles. The first kappa shape index (κ1) is 9.54. The summed E-state index contributed by atoms with van der Waals surface area (Å²) < 4.78 is 0. The Morgan fingerprint density at radius 3 is 3.12 bits per heavy atom. The van der Waals surface area contributed by atoms with E-state index in [4.69, 9.17) is 0 Å². The molecule has 4 nitrogen and oxygen atoms in total. The van der Waals surface area contributed by atoms with E-state index in [0.29, 0.717) is 0 Å². The second kappa shape index (κ2) is 3.72. The fraction of sp³-hybridized carbons (Fsp3) is 0.333. The van der Waals surface area contributed by atoms with Crippen LogP contribution >= 0.6 is 0 Å². The van der Waals surface area contributed by atoms with Crippen LogP contribution in [0.1, 0.15) is 20.5 Å². The van der Waals surface area contributed by atoms with Crippen LogP contribution < -0.4 is 5.32 Å². The van der Waals surface area contributed by atoms with Gasteiger partial charge in [-0.2, -0.15) is 0 Å². The summed E-state index contributed by atoms with van der Waals surface area (Å²) in [6.07, 6.45) is 6.88. The summed E-state index contributed by atoms with van der Waals surface area (Å²) in [5, 5.41) is 4.48. The first-order chi connectivity index (χ1) is 7.86. The van der Waals surface area contributed by atoms with Crippen molar-refractivity contribution >= 4 is 16.6 Å². The molecule has 0 unspecified atom stereocenters. The van der Waals surface area contributed by atoms with Crippen LogP contribution in [0.3, 0.4) is 0 Å². The van der Waals surface area contributed by atoms with E-state index >= 15 is 0 Å². The number of hydrogen-bond acceptors (Lipinski definition) is 3. The summed E-state index contributed by atoms with van der Waals surface area (Å²) in [7, 11) is 0. The first-order valence-corrected chi connectivity index (χ1v) is 5.55. The van der Waals surface area contributed by atoms with Gasteiger partial charge in [0.15, 0.2) is 0 Å². The average molecular weight is 218 g/mol. The Kier molecular flexibility index (Phi) is 2.22. The Labute approximate surface area is 96.8 Å². The molecule has 0 bridgehead atoms. The maximum Gasteiger partial charge on any atom is 0.141 e. The van der Waals surface area contributed by atoms with Crippen molar-refractivity contribution in [3.8, 4) is 0 Å². The number of H-pyrrole nitrogens is 1. The van der Waals surface area contributed by atoms with E-state index in [9.17, 15) is 0 Å². The van der Waals surface area contributed by atoms with Gasteiger partial charge in [0.25, 0.3) is 0 Å². The van der Waals surface area contributed by atoms with Crippen LogP contribution in [0.25, 0.3) is 16.6 Å². The van der Waals surface area contributed by atoms with Crippen LogP contribution in [0, 0.1) is 6.92 Å². The fourth-order valence-electron chi connectivity index (χ4n) is 2.20. The Morgan fingerprint density at radius 2 is 2.31 bits per heavy atom. The monoisotopic (exact) mass is 218 g/mol. The van der Waals surface area contributed by atoms with Crippen molar-refractivity contribution in [3.63, 3.8) is 0 Å². The zero-order valence-electron chi connectivity index (χ0n) is 9.25. The largest absolute Gasteiger partial charge is 0.346 e. The highest BCUT2D eigenvalue weighted by atomic mass is 14.9. The van der Waals surface area contributed by atoms with Crippen molar-refractivity contribution in [2.75, 3.05) is 13.1 Å². The highest BCUT2D eigenvalue weighted by molar-refractivity contribution is 5.90. The van der Waals surface area contributed by atoms with Crippen molar-refractivity contribution in [2.24, 2.45) is 0 Å². The molecule has 2 aromatic heterocycles. The van der Waals surface area contributed by atoms with Crippen LogP contribution in [-0.2, 0) is 0 Å². The molecule has 0 amide bonds. The molecule has 0 spiro atoms. The maximum absolute atomic E-state index is 4.44. The van der Waals surface area contributed by atoms with Gasteiger partial charge in [-0.3, -0.25) is 0 Å². The van der Waals surface area contributed by atoms with Gasteiger partial charge >= 0.3 is 0 Å². The number of aryl methyl sites for hydroxylation is 1. The highest BCUT2D eigenvalue weighted by Crippen LogP contribution is 2.26. The van der Waals surface area contributed by atoms with E-state index in [-0.39, 0.29) is 2.85 Å². The van der Waals surface area contributed by atoms with E-state index in [1.54, 1.807) is 6.33 Å². The number of nitrogens with zero attached hydrogens (tertiary/aromatic N) is 2. The third-order valence-electron chi connectivity index (χ3n) is 3.04. The molecule has 2 aromatic rings. The van der Waals surface area contributed by atoms with Gasteiger partial charge in [-0.25, -0.2) is 9.97 Å². The molecule has 4 heteroatoms. The third kappa shape index (κ3) is 1.42. The van der Waals surface area contributed by atoms with Gasteiger partial charge in [0.05, 0.1) is 5.69 Å². The molecule has 1 aliphatic heterocycles. The fourth-order valence-corrected chi connectivity index (χ4v) is 2.20. The molecule has 0 saturated carbocycles. The minimum Gasteiger partial charge on any atom is -0.346 e. The van der Waals surface area contributed by atoms with Gasteiger partial charge < -0.3 is 10.3 Å². The van der Waals surface area contributed by atoms with E-state index in [1.165, 1.54) is 11.1 Å². The van der Waals surface area contributed by atoms with Crippen molar-refractivity contribution in [1.82, 2.24) is 20.3 Å². The van der Waals surface area contributed by atoms with Crippen molar-refractivity contribution in [2.45, 2.75) is 13.3 Å². The molecule has 3 heterocycles. The Balaban J connectivity index is 0.000000810. The van der Waals surface area contributed by atoms with Crippen molar-refractivity contribution in [1.29, 1.82) is 0 Å². The van der Waals surface area contributed by atoms with Crippen LogP contribution in [0.15, 0.2) is 18.6 Å².